The van der Waals surface area contributed by atoms with Crippen LogP contribution in [0.25, 0.3) is 0 Å². The van der Waals surface area contributed by atoms with Crippen molar-refractivity contribution in [2.45, 2.75) is 17.1 Å². The Bertz CT molecular complexity index is 218. The van der Waals surface area contributed by atoms with Crippen LogP contribution in [0.1, 0.15) is 17.7 Å². The largest absolute Gasteiger partial charge is 0.171 e. The highest BCUT2D eigenvalue weighted by Crippen LogP contribution is 2.20. The highest BCUT2D eigenvalue weighted by atomic mass is 32.1. The van der Waals surface area contributed by atoms with Gasteiger partial charge in [-0.1, -0.05) is 12.1 Å². The van der Waals surface area contributed by atoms with Crippen LogP contribution in [0.2, 0.25) is 0 Å². The van der Waals surface area contributed by atoms with Crippen molar-refractivity contribution in [3.05, 3.63) is 29.8 Å². The van der Waals surface area contributed by atoms with E-state index in [1.54, 1.807) is 0 Å². The van der Waals surface area contributed by atoms with Crippen LogP contribution >= 0.6 is 25.3 Å². The maximum atomic E-state index is 4.30. The van der Waals surface area contributed by atoms with Gasteiger partial charge >= 0.3 is 0 Å². The molecule has 0 heterocycles. The zero-order valence-electron chi connectivity index (χ0n) is 5.78. The monoisotopic (exact) mass is 170 g/mol. The van der Waals surface area contributed by atoms with Crippen molar-refractivity contribution in [2.75, 3.05) is 0 Å². The summed E-state index contributed by atoms with van der Waals surface area (Å²) in [6.07, 6.45) is 0. The van der Waals surface area contributed by atoms with Gasteiger partial charge in [0.25, 0.3) is 0 Å². The summed E-state index contributed by atoms with van der Waals surface area (Å²) in [5.41, 5.74) is 1.22. The summed E-state index contributed by atoms with van der Waals surface area (Å²) in [7, 11) is 0. The molecule has 0 spiro atoms. The number of rotatable bonds is 1. The van der Waals surface area contributed by atoms with Gasteiger partial charge in [-0.15, -0.1) is 12.6 Å². The lowest BCUT2D eigenvalue weighted by molar-refractivity contribution is 1.10. The van der Waals surface area contributed by atoms with E-state index in [2.05, 4.69) is 31.3 Å². The van der Waals surface area contributed by atoms with E-state index in [4.69, 9.17) is 0 Å². The summed E-state index contributed by atoms with van der Waals surface area (Å²) in [5, 5.41) is 0.298. The third kappa shape index (κ3) is 1.96. The molecule has 1 rings (SSSR count). The van der Waals surface area contributed by atoms with E-state index in [1.165, 1.54) is 5.56 Å². The Morgan fingerprint density at radius 2 is 2.10 bits per heavy atom. The van der Waals surface area contributed by atoms with Crippen LogP contribution in [0.15, 0.2) is 29.2 Å². The normalized spacial score (nSPS) is 13.1. The molecular weight excluding hydrogens is 160 g/mol. The van der Waals surface area contributed by atoms with Gasteiger partial charge in [0.2, 0.25) is 0 Å². The number of thiol groups is 2. The smallest absolute Gasteiger partial charge is 0.0239 e. The van der Waals surface area contributed by atoms with Crippen molar-refractivity contribution in [1.82, 2.24) is 0 Å². The molecular formula is C8H10S2. The van der Waals surface area contributed by atoms with Crippen LogP contribution < -0.4 is 0 Å². The summed E-state index contributed by atoms with van der Waals surface area (Å²) >= 11 is 8.52. The minimum absolute atomic E-state index is 0.298. The van der Waals surface area contributed by atoms with Gasteiger partial charge in [0.15, 0.2) is 0 Å². The summed E-state index contributed by atoms with van der Waals surface area (Å²) in [4.78, 5) is 0.999. The molecule has 0 saturated heterocycles. The fraction of sp³-hybridized carbons (Fsp3) is 0.250. The molecule has 0 amide bonds. The average molecular weight is 170 g/mol. The Labute approximate surface area is 72.5 Å². The van der Waals surface area contributed by atoms with Crippen LogP contribution in [-0.2, 0) is 0 Å². The third-order valence-corrected chi connectivity index (χ3v) is 1.93. The van der Waals surface area contributed by atoms with Gasteiger partial charge in [0.05, 0.1) is 0 Å². The van der Waals surface area contributed by atoms with Crippen molar-refractivity contribution >= 4 is 25.3 Å². The van der Waals surface area contributed by atoms with Gasteiger partial charge < -0.3 is 0 Å². The first-order valence-electron chi connectivity index (χ1n) is 3.17. The van der Waals surface area contributed by atoms with Gasteiger partial charge in [0.1, 0.15) is 0 Å². The lowest BCUT2D eigenvalue weighted by Gasteiger charge is -2.03. The topological polar surface area (TPSA) is 0 Å². The van der Waals surface area contributed by atoms with E-state index < -0.39 is 0 Å². The van der Waals surface area contributed by atoms with Gasteiger partial charge in [0, 0.05) is 10.1 Å². The van der Waals surface area contributed by atoms with Gasteiger partial charge in [-0.05, 0) is 24.6 Å². The molecule has 0 aliphatic heterocycles. The van der Waals surface area contributed by atoms with Crippen LogP contribution in [0.5, 0.6) is 0 Å². The van der Waals surface area contributed by atoms with Crippen molar-refractivity contribution in [3.63, 3.8) is 0 Å². The second kappa shape index (κ2) is 3.35. The molecule has 0 aliphatic carbocycles. The van der Waals surface area contributed by atoms with Crippen molar-refractivity contribution in [2.24, 2.45) is 0 Å². The standard InChI is InChI=1S/C8H10S2/c1-6(9)7-3-2-4-8(10)5-7/h2-6,9-10H,1H3. The molecule has 0 bridgehead atoms. The van der Waals surface area contributed by atoms with Gasteiger partial charge in [-0.25, -0.2) is 0 Å². The lowest BCUT2D eigenvalue weighted by atomic mass is 10.2. The van der Waals surface area contributed by atoms with Crippen molar-refractivity contribution in [3.8, 4) is 0 Å². The molecule has 0 radical (unpaired) electrons. The zero-order chi connectivity index (χ0) is 7.56. The van der Waals surface area contributed by atoms with E-state index in [0.717, 1.165) is 4.90 Å². The third-order valence-electron chi connectivity index (χ3n) is 1.35. The second-order valence-electron chi connectivity index (χ2n) is 2.27. The first-order chi connectivity index (χ1) is 4.70. The van der Waals surface area contributed by atoms with Crippen LogP contribution in [0.4, 0.5) is 0 Å². The van der Waals surface area contributed by atoms with E-state index in [1.807, 2.05) is 25.1 Å². The van der Waals surface area contributed by atoms with Crippen molar-refractivity contribution < 1.29 is 0 Å². The Hall–Kier alpha value is -0.0800. The van der Waals surface area contributed by atoms with Crippen LogP contribution in [0, 0.1) is 0 Å². The highest BCUT2D eigenvalue weighted by molar-refractivity contribution is 7.80. The first-order valence-corrected chi connectivity index (χ1v) is 4.13. The predicted octanol–water partition coefficient (Wildman–Crippen LogP) is 2.97. The molecule has 0 N–H and O–H groups in total. The lowest BCUT2D eigenvalue weighted by Crippen LogP contribution is -1.82. The summed E-state index contributed by atoms with van der Waals surface area (Å²) in [6, 6.07) is 8.03. The second-order valence-corrected chi connectivity index (χ2v) is 3.56. The molecule has 0 fully saturated rings. The zero-order valence-corrected chi connectivity index (χ0v) is 7.57. The predicted molar refractivity (Wildman–Crippen MR) is 51.1 cm³/mol. The molecule has 0 aliphatic rings. The van der Waals surface area contributed by atoms with E-state index >= 15 is 0 Å². The molecule has 2 heteroatoms. The van der Waals surface area contributed by atoms with E-state index in [-0.39, 0.29) is 0 Å². The Morgan fingerprint density at radius 1 is 1.40 bits per heavy atom. The SMILES string of the molecule is CC(S)c1cccc(S)c1. The summed E-state index contributed by atoms with van der Waals surface area (Å²) in [6.45, 7) is 2.05. The highest BCUT2D eigenvalue weighted by Gasteiger charge is 1.97. The molecule has 1 aromatic rings. The Kier molecular flexibility index (Phi) is 2.69. The fourth-order valence-corrected chi connectivity index (χ4v) is 1.18. The first kappa shape index (κ1) is 8.02. The van der Waals surface area contributed by atoms with E-state index in [9.17, 15) is 0 Å². The maximum Gasteiger partial charge on any atom is 0.0239 e. The molecule has 10 heavy (non-hydrogen) atoms. The molecule has 54 valence electrons. The number of hydrogen-bond donors (Lipinski definition) is 2. The number of benzene rings is 1. The minimum atomic E-state index is 0.298. The quantitative estimate of drug-likeness (QED) is 0.595. The Balaban J connectivity index is 2.96. The van der Waals surface area contributed by atoms with Gasteiger partial charge in [-0.3, -0.25) is 0 Å². The fourth-order valence-electron chi connectivity index (χ4n) is 0.785. The number of hydrogen-bond acceptors (Lipinski definition) is 2. The molecule has 0 aromatic heterocycles. The van der Waals surface area contributed by atoms with Gasteiger partial charge in [-0.2, -0.15) is 12.6 Å². The molecule has 1 aromatic carbocycles. The summed E-state index contributed by atoms with van der Waals surface area (Å²) < 4.78 is 0. The molecule has 0 saturated carbocycles. The van der Waals surface area contributed by atoms with Crippen LogP contribution in [-0.4, -0.2) is 0 Å². The van der Waals surface area contributed by atoms with Crippen molar-refractivity contribution in [1.29, 1.82) is 0 Å². The molecule has 0 nitrogen and oxygen atoms in total. The summed E-state index contributed by atoms with van der Waals surface area (Å²) in [5.74, 6) is 0. The van der Waals surface area contributed by atoms with E-state index in [0.29, 0.717) is 5.25 Å². The van der Waals surface area contributed by atoms with Crippen LogP contribution in [0.3, 0.4) is 0 Å². The Morgan fingerprint density at radius 3 is 2.50 bits per heavy atom. The minimum Gasteiger partial charge on any atom is -0.171 e. The molecule has 1 unspecified atom stereocenters. The molecule has 1 atom stereocenters. The average Bonchev–Trinajstić information content (AvgIpc) is 1.88. The maximum absolute atomic E-state index is 4.30.